The third kappa shape index (κ3) is 4.76. The molecule has 2 aromatic carbocycles. The Bertz CT molecular complexity index is 1400. The zero-order valence-electron chi connectivity index (χ0n) is 20.4. The van der Waals surface area contributed by atoms with E-state index in [0.29, 0.717) is 22.5 Å². The Labute approximate surface area is 208 Å². The third-order valence-corrected chi connectivity index (χ3v) is 5.92. The van der Waals surface area contributed by atoms with Crippen molar-refractivity contribution in [3.8, 4) is 5.69 Å². The SMILES string of the molecule is COC(=O)c1ccccc1-n1c(C)cc(/C=C2\NC(=O)N(CC(=O)Nc3ccc(C)cc3)C2=O)c1C. The number of carbonyl (C=O) groups is 4. The molecule has 0 spiro atoms. The van der Waals surface area contributed by atoms with E-state index in [1.165, 1.54) is 7.11 Å². The molecule has 184 valence electrons. The molecule has 2 N–H and O–H groups in total. The number of aryl methyl sites for hydroxylation is 2. The van der Waals surface area contributed by atoms with E-state index in [-0.39, 0.29) is 5.70 Å². The third-order valence-electron chi connectivity index (χ3n) is 5.92. The van der Waals surface area contributed by atoms with Crippen LogP contribution in [0.2, 0.25) is 0 Å². The summed E-state index contributed by atoms with van der Waals surface area (Å²) in [6, 6.07) is 15.4. The molecule has 4 amide bonds. The second kappa shape index (κ2) is 9.91. The van der Waals surface area contributed by atoms with Gasteiger partial charge in [-0.2, -0.15) is 0 Å². The van der Waals surface area contributed by atoms with Crippen LogP contribution in [0.3, 0.4) is 0 Å². The fourth-order valence-corrected chi connectivity index (χ4v) is 4.11. The largest absolute Gasteiger partial charge is 0.465 e. The molecule has 0 radical (unpaired) electrons. The second-order valence-corrected chi connectivity index (χ2v) is 8.46. The monoisotopic (exact) mass is 486 g/mol. The molecule has 2 heterocycles. The van der Waals surface area contributed by atoms with Crippen LogP contribution in [0.5, 0.6) is 0 Å². The summed E-state index contributed by atoms with van der Waals surface area (Å²) in [6.07, 6.45) is 1.57. The molecule has 9 nitrogen and oxygen atoms in total. The highest BCUT2D eigenvalue weighted by Crippen LogP contribution is 2.26. The smallest absolute Gasteiger partial charge is 0.339 e. The maximum atomic E-state index is 12.9. The molecule has 1 fully saturated rings. The average molecular weight is 487 g/mol. The molecular formula is C27H26N4O5. The number of urea groups is 1. The van der Waals surface area contributed by atoms with Crippen molar-refractivity contribution in [2.75, 3.05) is 19.0 Å². The lowest BCUT2D eigenvalue weighted by atomic mass is 10.1. The van der Waals surface area contributed by atoms with Crippen molar-refractivity contribution in [1.82, 2.24) is 14.8 Å². The quantitative estimate of drug-likeness (QED) is 0.314. The minimum Gasteiger partial charge on any atom is -0.465 e. The maximum absolute atomic E-state index is 12.9. The van der Waals surface area contributed by atoms with Crippen molar-refractivity contribution >= 4 is 35.6 Å². The zero-order chi connectivity index (χ0) is 26.0. The first kappa shape index (κ1) is 24.5. The van der Waals surface area contributed by atoms with Crippen LogP contribution in [0.25, 0.3) is 11.8 Å². The molecule has 0 aliphatic carbocycles. The lowest BCUT2D eigenvalue weighted by molar-refractivity contribution is -0.127. The van der Waals surface area contributed by atoms with Gasteiger partial charge in [0, 0.05) is 17.1 Å². The first-order valence-corrected chi connectivity index (χ1v) is 11.3. The van der Waals surface area contributed by atoms with Gasteiger partial charge in [-0.05, 0) is 62.7 Å². The van der Waals surface area contributed by atoms with E-state index in [9.17, 15) is 19.2 Å². The summed E-state index contributed by atoms with van der Waals surface area (Å²) < 4.78 is 6.79. The molecule has 1 aromatic heterocycles. The number of nitrogens with one attached hydrogen (secondary N) is 2. The number of benzene rings is 2. The van der Waals surface area contributed by atoms with Gasteiger partial charge in [-0.3, -0.25) is 9.59 Å². The van der Waals surface area contributed by atoms with Crippen molar-refractivity contribution in [2.24, 2.45) is 0 Å². The van der Waals surface area contributed by atoms with E-state index in [1.807, 2.05) is 49.6 Å². The summed E-state index contributed by atoms with van der Waals surface area (Å²) in [5.74, 6) is -1.55. The summed E-state index contributed by atoms with van der Waals surface area (Å²) in [4.78, 5) is 51.0. The van der Waals surface area contributed by atoms with E-state index in [4.69, 9.17) is 4.74 Å². The first-order chi connectivity index (χ1) is 17.2. The number of methoxy groups -OCH3 is 1. The van der Waals surface area contributed by atoms with Gasteiger partial charge in [-0.1, -0.05) is 29.8 Å². The van der Waals surface area contributed by atoms with Crippen molar-refractivity contribution in [3.05, 3.63) is 88.4 Å². The van der Waals surface area contributed by atoms with Crippen molar-refractivity contribution in [1.29, 1.82) is 0 Å². The normalized spacial score (nSPS) is 14.2. The number of carbonyl (C=O) groups excluding carboxylic acids is 4. The molecule has 9 heteroatoms. The Morgan fingerprint density at radius 1 is 1.03 bits per heavy atom. The predicted octanol–water partition coefficient (Wildman–Crippen LogP) is 3.72. The zero-order valence-corrected chi connectivity index (χ0v) is 20.4. The van der Waals surface area contributed by atoms with Crippen molar-refractivity contribution < 1.29 is 23.9 Å². The van der Waals surface area contributed by atoms with Crippen LogP contribution in [0.15, 0.2) is 60.3 Å². The van der Waals surface area contributed by atoms with Crippen molar-refractivity contribution in [2.45, 2.75) is 20.8 Å². The number of para-hydroxylation sites is 1. The van der Waals surface area contributed by atoms with Gasteiger partial charge in [0.1, 0.15) is 12.2 Å². The van der Waals surface area contributed by atoms with E-state index in [2.05, 4.69) is 10.6 Å². The van der Waals surface area contributed by atoms with Crippen LogP contribution >= 0.6 is 0 Å². The molecular weight excluding hydrogens is 460 g/mol. The highest BCUT2D eigenvalue weighted by Gasteiger charge is 2.35. The van der Waals surface area contributed by atoms with Gasteiger partial charge in [-0.15, -0.1) is 0 Å². The molecule has 36 heavy (non-hydrogen) atoms. The van der Waals surface area contributed by atoms with Crippen LogP contribution in [0.1, 0.15) is 32.9 Å². The van der Waals surface area contributed by atoms with Crippen LogP contribution in [0, 0.1) is 20.8 Å². The first-order valence-electron chi connectivity index (χ1n) is 11.3. The molecule has 0 bridgehead atoms. The number of hydrogen-bond acceptors (Lipinski definition) is 5. The van der Waals surface area contributed by atoms with Crippen LogP contribution in [-0.2, 0) is 14.3 Å². The van der Waals surface area contributed by atoms with Crippen LogP contribution in [-0.4, -0.2) is 46.9 Å². The number of nitrogens with zero attached hydrogens (tertiary/aromatic N) is 2. The van der Waals surface area contributed by atoms with Gasteiger partial charge in [0.25, 0.3) is 5.91 Å². The standard InChI is InChI=1S/C27H26N4O5/c1-16-9-11-20(12-10-16)28-24(32)15-30-25(33)22(29-27(30)35)14-19-13-17(2)31(18(19)3)23-8-6-5-7-21(23)26(34)36-4/h5-14H,15H2,1-4H3,(H,28,32)(H,29,35)/b22-14-. The van der Waals surface area contributed by atoms with E-state index < -0.39 is 30.4 Å². The topological polar surface area (TPSA) is 110 Å². The summed E-state index contributed by atoms with van der Waals surface area (Å²) in [5.41, 5.74) is 4.98. The fraction of sp³-hybridized carbons (Fsp3) is 0.185. The lowest BCUT2D eigenvalue weighted by Crippen LogP contribution is -2.38. The van der Waals surface area contributed by atoms with Gasteiger partial charge in [-0.25, -0.2) is 14.5 Å². The van der Waals surface area contributed by atoms with Gasteiger partial charge in [0.2, 0.25) is 5.91 Å². The number of imide groups is 1. The van der Waals surface area contributed by atoms with E-state index >= 15 is 0 Å². The van der Waals surface area contributed by atoms with Gasteiger partial charge < -0.3 is 19.9 Å². The molecule has 1 aliphatic rings. The molecule has 4 rings (SSSR count). The summed E-state index contributed by atoms with van der Waals surface area (Å²) in [6.45, 7) is 5.24. The molecule has 0 unspecified atom stereocenters. The molecule has 0 atom stereocenters. The minimum absolute atomic E-state index is 0.0599. The van der Waals surface area contributed by atoms with Gasteiger partial charge in [0.05, 0.1) is 18.4 Å². The highest BCUT2D eigenvalue weighted by atomic mass is 16.5. The molecule has 0 saturated carbocycles. The molecule has 1 saturated heterocycles. The summed E-state index contributed by atoms with van der Waals surface area (Å²) in [7, 11) is 1.32. The Kier molecular flexibility index (Phi) is 6.73. The van der Waals surface area contributed by atoms with E-state index in [0.717, 1.165) is 21.9 Å². The second-order valence-electron chi connectivity index (χ2n) is 8.46. The highest BCUT2D eigenvalue weighted by molar-refractivity contribution is 6.16. The Morgan fingerprint density at radius 2 is 1.72 bits per heavy atom. The van der Waals surface area contributed by atoms with E-state index in [1.54, 1.807) is 36.4 Å². The van der Waals surface area contributed by atoms with Crippen molar-refractivity contribution in [3.63, 3.8) is 0 Å². The predicted molar refractivity (Wildman–Crippen MR) is 135 cm³/mol. The minimum atomic E-state index is -0.671. The number of anilines is 1. The number of amides is 4. The summed E-state index contributed by atoms with van der Waals surface area (Å²) >= 11 is 0. The number of rotatable bonds is 6. The fourth-order valence-electron chi connectivity index (χ4n) is 4.11. The Hall–Kier alpha value is -4.66. The molecule has 3 aromatic rings. The van der Waals surface area contributed by atoms with Crippen LogP contribution < -0.4 is 10.6 Å². The van der Waals surface area contributed by atoms with Crippen LogP contribution in [0.4, 0.5) is 10.5 Å². The van der Waals surface area contributed by atoms with Gasteiger partial charge >= 0.3 is 12.0 Å². The van der Waals surface area contributed by atoms with Gasteiger partial charge in [0.15, 0.2) is 0 Å². The Balaban J connectivity index is 1.57. The number of esters is 1. The maximum Gasteiger partial charge on any atom is 0.339 e. The average Bonchev–Trinajstić information content (AvgIpc) is 3.28. The Morgan fingerprint density at radius 3 is 2.42 bits per heavy atom. The lowest BCUT2D eigenvalue weighted by Gasteiger charge is -2.13. The number of hydrogen-bond donors (Lipinski definition) is 2. The number of ether oxygens (including phenoxy) is 1. The number of aromatic nitrogens is 1. The molecule has 1 aliphatic heterocycles. The summed E-state index contributed by atoms with van der Waals surface area (Å²) in [5, 5.41) is 5.23.